The van der Waals surface area contributed by atoms with E-state index in [0.717, 1.165) is 51.7 Å². The number of amides is 1. The maximum Gasteiger partial charge on any atom is 0.223 e. The smallest absolute Gasteiger partial charge is 0.223 e. The SMILES string of the molecule is CCN1CCC(NC(=O)C2CCC(N)C2)CC1.Cl.Cl. The van der Waals surface area contributed by atoms with Gasteiger partial charge in [0.05, 0.1) is 0 Å². The molecule has 2 unspecified atom stereocenters. The van der Waals surface area contributed by atoms with E-state index >= 15 is 0 Å². The van der Waals surface area contributed by atoms with Crippen LogP contribution in [0.15, 0.2) is 0 Å². The summed E-state index contributed by atoms with van der Waals surface area (Å²) in [6, 6.07) is 0.634. The van der Waals surface area contributed by atoms with E-state index in [0.29, 0.717) is 6.04 Å². The number of rotatable bonds is 3. The van der Waals surface area contributed by atoms with Crippen LogP contribution < -0.4 is 11.1 Å². The van der Waals surface area contributed by atoms with E-state index in [-0.39, 0.29) is 42.7 Å². The van der Waals surface area contributed by atoms with Crippen molar-refractivity contribution < 1.29 is 4.79 Å². The minimum atomic E-state index is 0. The molecular weight excluding hydrogens is 285 g/mol. The van der Waals surface area contributed by atoms with Gasteiger partial charge in [0.1, 0.15) is 0 Å². The molecule has 0 bridgehead atoms. The number of likely N-dealkylation sites (tertiary alicyclic amines) is 1. The van der Waals surface area contributed by atoms with Gasteiger partial charge in [-0.05, 0) is 38.6 Å². The van der Waals surface area contributed by atoms with Crippen molar-refractivity contribution in [3.63, 3.8) is 0 Å². The molecule has 3 N–H and O–H groups in total. The fourth-order valence-electron chi connectivity index (χ4n) is 2.97. The predicted molar refractivity (Wildman–Crippen MR) is 83.1 cm³/mol. The first-order valence-electron chi connectivity index (χ1n) is 6.97. The van der Waals surface area contributed by atoms with E-state index in [9.17, 15) is 4.79 Å². The summed E-state index contributed by atoms with van der Waals surface area (Å²) >= 11 is 0. The lowest BCUT2D eigenvalue weighted by molar-refractivity contribution is -0.125. The number of hydrogen-bond donors (Lipinski definition) is 2. The number of carbonyl (C=O) groups excluding carboxylic acids is 1. The van der Waals surface area contributed by atoms with Crippen LogP contribution in [-0.4, -0.2) is 42.5 Å². The second kappa shape index (κ2) is 9.01. The second-order valence-corrected chi connectivity index (χ2v) is 5.49. The second-order valence-electron chi connectivity index (χ2n) is 5.49. The highest BCUT2D eigenvalue weighted by Crippen LogP contribution is 2.24. The Bertz CT molecular complexity index is 271. The molecule has 0 aromatic carbocycles. The van der Waals surface area contributed by atoms with Gasteiger partial charge < -0.3 is 16.0 Å². The lowest BCUT2D eigenvalue weighted by atomic mass is 10.0. The molecule has 2 rings (SSSR count). The van der Waals surface area contributed by atoms with Gasteiger partial charge in [0.2, 0.25) is 5.91 Å². The van der Waals surface area contributed by atoms with Gasteiger partial charge in [-0.1, -0.05) is 6.92 Å². The average Bonchev–Trinajstić information content (AvgIpc) is 2.77. The van der Waals surface area contributed by atoms with Crippen molar-refractivity contribution in [3.05, 3.63) is 0 Å². The third-order valence-electron chi connectivity index (χ3n) is 4.23. The molecule has 0 radical (unpaired) electrons. The molecule has 6 heteroatoms. The first-order valence-corrected chi connectivity index (χ1v) is 6.97. The van der Waals surface area contributed by atoms with Crippen LogP contribution in [0.25, 0.3) is 0 Å². The summed E-state index contributed by atoms with van der Waals surface area (Å²) in [6.45, 7) is 5.55. The van der Waals surface area contributed by atoms with Crippen LogP contribution in [0.5, 0.6) is 0 Å². The van der Waals surface area contributed by atoms with Crippen LogP contribution >= 0.6 is 24.8 Å². The Morgan fingerprint density at radius 2 is 1.84 bits per heavy atom. The van der Waals surface area contributed by atoms with Gasteiger partial charge in [0, 0.05) is 31.1 Å². The molecular formula is C13H27Cl2N3O. The molecule has 19 heavy (non-hydrogen) atoms. The largest absolute Gasteiger partial charge is 0.353 e. The normalized spacial score (nSPS) is 28.3. The van der Waals surface area contributed by atoms with Gasteiger partial charge in [-0.15, -0.1) is 24.8 Å². The number of halogens is 2. The van der Waals surface area contributed by atoms with E-state index in [2.05, 4.69) is 17.1 Å². The highest BCUT2D eigenvalue weighted by molar-refractivity contribution is 5.85. The van der Waals surface area contributed by atoms with Gasteiger partial charge in [-0.2, -0.15) is 0 Å². The van der Waals surface area contributed by atoms with Crippen molar-refractivity contribution in [1.29, 1.82) is 0 Å². The first-order chi connectivity index (χ1) is 8.19. The standard InChI is InChI=1S/C13H25N3O.2ClH/c1-2-16-7-5-12(6-8-16)15-13(17)10-3-4-11(14)9-10;;/h10-12H,2-9,14H2,1H3,(H,15,17);2*1H. The van der Waals surface area contributed by atoms with E-state index in [1.807, 2.05) is 0 Å². The van der Waals surface area contributed by atoms with E-state index in [1.165, 1.54) is 0 Å². The Kier molecular flexibility index (Phi) is 8.99. The molecule has 1 aliphatic heterocycles. The van der Waals surface area contributed by atoms with Crippen molar-refractivity contribution in [1.82, 2.24) is 10.2 Å². The monoisotopic (exact) mass is 311 g/mol. The van der Waals surface area contributed by atoms with Crippen LogP contribution in [0.1, 0.15) is 39.0 Å². The van der Waals surface area contributed by atoms with Gasteiger partial charge >= 0.3 is 0 Å². The number of nitrogens with two attached hydrogens (primary N) is 1. The number of nitrogens with one attached hydrogen (secondary N) is 1. The molecule has 0 aromatic rings. The Hall–Kier alpha value is -0.0300. The van der Waals surface area contributed by atoms with Gasteiger partial charge in [0.25, 0.3) is 0 Å². The lowest BCUT2D eigenvalue weighted by Gasteiger charge is -2.32. The first kappa shape index (κ1) is 19.0. The van der Waals surface area contributed by atoms with Crippen molar-refractivity contribution in [3.8, 4) is 0 Å². The van der Waals surface area contributed by atoms with Crippen LogP contribution in [0.2, 0.25) is 0 Å². The average molecular weight is 312 g/mol. The number of hydrogen-bond acceptors (Lipinski definition) is 3. The van der Waals surface area contributed by atoms with Crippen molar-refractivity contribution in [2.45, 2.75) is 51.1 Å². The molecule has 2 fully saturated rings. The van der Waals surface area contributed by atoms with E-state index in [1.54, 1.807) is 0 Å². The third kappa shape index (κ3) is 5.46. The highest BCUT2D eigenvalue weighted by atomic mass is 35.5. The summed E-state index contributed by atoms with van der Waals surface area (Å²) in [4.78, 5) is 14.5. The summed E-state index contributed by atoms with van der Waals surface area (Å²) < 4.78 is 0. The summed E-state index contributed by atoms with van der Waals surface area (Å²) in [6.07, 6.45) is 5.05. The van der Waals surface area contributed by atoms with Gasteiger partial charge in [-0.25, -0.2) is 0 Å². The zero-order valence-corrected chi connectivity index (χ0v) is 13.3. The molecule has 1 saturated heterocycles. The predicted octanol–water partition coefficient (Wildman–Crippen LogP) is 1.56. The maximum absolute atomic E-state index is 12.0. The topological polar surface area (TPSA) is 58.4 Å². The molecule has 0 spiro atoms. The Labute approximate surface area is 128 Å². The summed E-state index contributed by atoms with van der Waals surface area (Å²) in [5, 5.41) is 3.20. The molecule has 1 saturated carbocycles. The molecule has 2 aliphatic rings. The minimum Gasteiger partial charge on any atom is -0.353 e. The zero-order valence-electron chi connectivity index (χ0n) is 11.6. The number of nitrogens with zero attached hydrogens (tertiary/aromatic N) is 1. The lowest BCUT2D eigenvalue weighted by Crippen LogP contribution is -2.46. The molecule has 114 valence electrons. The maximum atomic E-state index is 12.0. The van der Waals surface area contributed by atoms with E-state index < -0.39 is 0 Å². The molecule has 1 aliphatic carbocycles. The summed E-state index contributed by atoms with van der Waals surface area (Å²) in [5.74, 6) is 0.419. The fraction of sp³-hybridized carbons (Fsp3) is 0.923. The highest BCUT2D eigenvalue weighted by Gasteiger charge is 2.29. The minimum absolute atomic E-state index is 0. The molecule has 0 aromatic heterocycles. The molecule has 4 nitrogen and oxygen atoms in total. The van der Waals surface area contributed by atoms with Crippen molar-refractivity contribution in [2.75, 3.05) is 19.6 Å². The summed E-state index contributed by atoms with van der Waals surface area (Å²) in [5.41, 5.74) is 5.85. The van der Waals surface area contributed by atoms with Crippen LogP contribution in [0.4, 0.5) is 0 Å². The number of carbonyl (C=O) groups is 1. The fourth-order valence-corrected chi connectivity index (χ4v) is 2.97. The Morgan fingerprint density at radius 1 is 1.21 bits per heavy atom. The van der Waals surface area contributed by atoms with Crippen molar-refractivity contribution >= 4 is 30.7 Å². The molecule has 2 atom stereocenters. The van der Waals surface area contributed by atoms with Crippen LogP contribution in [-0.2, 0) is 4.79 Å². The number of piperidine rings is 1. The molecule has 1 heterocycles. The van der Waals surface area contributed by atoms with Crippen LogP contribution in [0.3, 0.4) is 0 Å². The Morgan fingerprint density at radius 3 is 2.32 bits per heavy atom. The van der Waals surface area contributed by atoms with Gasteiger partial charge in [0.15, 0.2) is 0 Å². The summed E-state index contributed by atoms with van der Waals surface area (Å²) in [7, 11) is 0. The van der Waals surface area contributed by atoms with Crippen LogP contribution in [0, 0.1) is 5.92 Å². The molecule has 1 amide bonds. The Balaban J connectivity index is 0.00000162. The van der Waals surface area contributed by atoms with Gasteiger partial charge in [-0.3, -0.25) is 4.79 Å². The van der Waals surface area contributed by atoms with E-state index in [4.69, 9.17) is 5.73 Å². The van der Waals surface area contributed by atoms with Crippen molar-refractivity contribution in [2.24, 2.45) is 11.7 Å². The third-order valence-corrected chi connectivity index (χ3v) is 4.23. The zero-order chi connectivity index (χ0) is 12.3. The quantitative estimate of drug-likeness (QED) is 0.831.